The summed E-state index contributed by atoms with van der Waals surface area (Å²) >= 11 is 0. The summed E-state index contributed by atoms with van der Waals surface area (Å²) in [5.74, 6) is 0. The average Bonchev–Trinajstić information content (AvgIpc) is 2.83. The molecule has 0 aromatic heterocycles. The van der Waals surface area contributed by atoms with E-state index in [-0.39, 0.29) is 17.3 Å². The molecule has 3 rings (SSSR count). The first-order valence-electron chi connectivity index (χ1n) is 8.84. The van der Waals surface area contributed by atoms with Crippen LogP contribution >= 0.6 is 12.4 Å². The van der Waals surface area contributed by atoms with Crippen LogP contribution in [0.2, 0.25) is 0 Å². The molecule has 0 saturated heterocycles. The minimum absolute atomic E-state index is 0. The van der Waals surface area contributed by atoms with Gasteiger partial charge in [0.1, 0.15) is 0 Å². The second kappa shape index (κ2) is 9.19. The maximum atomic E-state index is 12.7. The van der Waals surface area contributed by atoms with E-state index in [1.807, 2.05) is 12.1 Å². The van der Waals surface area contributed by atoms with Crippen LogP contribution in [-0.4, -0.2) is 33.0 Å². The van der Waals surface area contributed by atoms with Crippen molar-refractivity contribution in [2.75, 3.05) is 24.4 Å². The fourth-order valence-corrected chi connectivity index (χ4v) is 4.29. The van der Waals surface area contributed by atoms with Crippen molar-refractivity contribution in [3.63, 3.8) is 0 Å². The highest BCUT2D eigenvalue weighted by molar-refractivity contribution is 7.92. The van der Waals surface area contributed by atoms with E-state index in [9.17, 15) is 21.6 Å². The lowest BCUT2D eigenvalue weighted by atomic mass is 10.0. The molecule has 158 valence electrons. The number of sulfonamides is 1. The van der Waals surface area contributed by atoms with Gasteiger partial charge >= 0.3 is 6.18 Å². The summed E-state index contributed by atoms with van der Waals surface area (Å²) in [5, 5.41) is 0. The zero-order valence-electron chi connectivity index (χ0n) is 15.6. The van der Waals surface area contributed by atoms with E-state index in [0.29, 0.717) is 5.69 Å². The predicted octanol–water partition coefficient (Wildman–Crippen LogP) is 4.51. The third-order valence-corrected chi connectivity index (χ3v) is 6.13. The van der Waals surface area contributed by atoms with Crippen molar-refractivity contribution < 1.29 is 21.6 Å². The van der Waals surface area contributed by atoms with Gasteiger partial charge in [0.25, 0.3) is 10.0 Å². The number of nitrogens with zero attached hydrogens (tertiary/aromatic N) is 1. The van der Waals surface area contributed by atoms with Gasteiger partial charge in [0, 0.05) is 25.3 Å². The number of hydrogen-bond donors (Lipinski definition) is 1. The normalized spacial score (nSPS) is 15.0. The smallest absolute Gasteiger partial charge is 0.299 e. The Kier molecular flexibility index (Phi) is 7.37. The lowest BCUT2D eigenvalue weighted by molar-refractivity contribution is -0.137. The molecule has 1 aliphatic heterocycles. The molecule has 1 heterocycles. The fraction of sp³-hybridized carbons (Fsp3) is 0.300. The minimum atomic E-state index is -4.51. The van der Waals surface area contributed by atoms with Gasteiger partial charge in [0.2, 0.25) is 0 Å². The fourth-order valence-electron chi connectivity index (χ4n) is 3.24. The number of fused-ring (bicyclic) bond motifs is 1. The minimum Gasteiger partial charge on any atom is -0.299 e. The molecule has 4 nitrogen and oxygen atoms in total. The van der Waals surface area contributed by atoms with Gasteiger partial charge < -0.3 is 0 Å². The second-order valence-electron chi connectivity index (χ2n) is 6.70. The molecule has 2 aromatic carbocycles. The van der Waals surface area contributed by atoms with E-state index in [1.54, 1.807) is 12.1 Å². The molecule has 0 fully saturated rings. The summed E-state index contributed by atoms with van der Waals surface area (Å²) in [5.41, 5.74) is 1.75. The Morgan fingerprint density at radius 2 is 1.66 bits per heavy atom. The van der Waals surface area contributed by atoms with Crippen LogP contribution in [0.3, 0.4) is 0 Å². The molecule has 9 heteroatoms. The standard InChI is InChI=1S/C20H21F3N2O2S.ClH/c1-2-11-25-12-9-15-3-6-18(14-16(15)10-13-25)24-28(26,27)19-7-4-17(5-8-19)20(21,22)23;/h2-8,14,24H,1,9-13H2;1H. The first-order chi connectivity index (χ1) is 13.2. The van der Waals surface area contributed by atoms with Gasteiger partial charge in [-0.25, -0.2) is 8.42 Å². The number of anilines is 1. The number of hydrogen-bond acceptors (Lipinski definition) is 3. The molecule has 0 spiro atoms. The summed E-state index contributed by atoms with van der Waals surface area (Å²) in [7, 11) is -3.97. The molecule has 0 amide bonds. The summed E-state index contributed by atoms with van der Waals surface area (Å²) in [6, 6.07) is 8.83. The molecular weight excluding hydrogens is 425 g/mol. The zero-order chi connectivity index (χ0) is 20.4. The summed E-state index contributed by atoms with van der Waals surface area (Å²) < 4.78 is 65.5. The van der Waals surface area contributed by atoms with Crippen molar-refractivity contribution >= 4 is 28.1 Å². The van der Waals surface area contributed by atoms with E-state index < -0.39 is 21.8 Å². The molecule has 0 saturated carbocycles. The monoisotopic (exact) mass is 446 g/mol. The SMILES string of the molecule is C=CCN1CCc2ccc(NS(=O)(=O)c3ccc(C(F)(F)F)cc3)cc2CC1.Cl. The number of benzene rings is 2. The highest BCUT2D eigenvalue weighted by Crippen LogP contribution is 2.30. The van der Waals surface area contributed by atoms with Crippen LogP contribution in [0, 0.1) is 0 Å². The lowest BCUT2D eigenvalue weighted by Crippen LogP contribution is -2.26. The number of alkyl halides is 3. The number of halogens is 4. The van der Waals surface area contributed by atoms with E-state index in [4.69, 9.17) is 0 Å². The Balaban J connectivity index is 0.00000300. The van der Waals surface area contributed by atoms with Crippen LogP contribution in [0.5, 0.6) is 0 Å². The van der Waals surface area contributed by atoms with Gasteiger partial charge in [-0.15, -0.1) is 19.0 Å². The Hall–Kier alpha value is -2.03. The van der Waals surface area contributed by atoms with Gasteiger partial charge in [0.15, 0.2) is 0 Å². The first kappa shape index (κ1) is 23.3. The van der Waals surface area contributed by atoms with Gasteiger partial charge in [-0.05, 0) is 60.4 Å². The number of nitrogens with one attached hydrogen (secondary N) is 1. The molecule has 0 unspecified atom stereocenters. The van der Waals surface area contributed by atoms with Crippen LogP contribution in [-0.2, 0) is 29.0 Å². The summed E-state index contributed by atoms with van der Waals surface area (Å²) in [6.45, 7) is 6.33. The van der Waals surface area contributed by atoms with Crippen LogP contribution in [0.25, 0.3) is 0 Å². The summed E-state index contributed by atoms with van der Waals surface area (Å²) in [4.78, 5) is 2.06. The van der Waals surface area contributed by atoms with Gasteiger partial charge in [-0.1, -0.05) is 12.1 Å². The molecule has 1 N–H and O–H groups in total. The molecule has 1 aliphatic rings. The van der Waals surface area contributed by atoms with E-state index in [0.717, 1.165) is 62.3 Å². The Morgan fingerprint density at radius 1 is 1.03 bits per heavy atom. The molecule has 29 heavy (non-hydrogen) atoms. The van der Waals surface area contributed by atoms with E-state index in [1.165, 1.54) is 5.56 Å². The first-order valence-corrected chi connectivity index (χ1v) is 10.3. The molecule has 0 atom stereocenters. The maximum Gasteiger partial charge on any atom is 0.416 e. The van der Waals surface area contributed by atoms with Crippen molar-refractivity contribution in [1.29, 1.82) is 0 Å². The van der Waals surface area contributed by atoms with Crippen molar-refractivity contribution in [2.24, 2.45) is 0 Å². The van der Waals surface area contributed by atoms with Gasteiger partial charge in [-0.3, -0.25) is 9.62 Å². The zero-order valence-corrected chi connectivity index (χ0v) is 17.2. The third kappa shape index (κ3) is 5.74. The highest BCUT2D eigenvalue weighted by atomic mass is 35.5. The van der Waals surface area contributed by atoms with Gasteiger partial charge in [-0.2, -0.15) is 13.2 Å². The topological polar surface area (TPSA) is 49.4 Å². The van der Waals surface area contributed by atoms with Crippen molar-refractivity contribution in [1.82, 2.24) is 4.90 Å². The maximum absolute atomic E-state index is 12.7. The molecule has 0 aliphatic carbocycles. The molecular formula is C20H22ClF3N2O2S. The lowest BCUT2D eigenvalue weighted by Gasteiger charge is -2.16. The van der Waals surface area contributed by atoms with Crippen molar-refractivity contribution in [3.8, 4) is 0 Å². The molecule has 2 aromatic rings. The Morgan fingerprint density at radius 3 is 2.24 bits per heavy atom. The highest BCUT2D eigenvalue weighted by Gasteiger charge is 2.30. The third-order valence-electron chi connectivity index (χ3n) is 4.73. The number of rotatable bonds is 5. The largest absolute Gasteiger partial charge is 0.416 e. The summed E-state index contributed by atoms with van der Waals surface area (Å²) in [6.07, 6.45) is -0.986. The Bertz CT molecular complexity index is 961. The van der Waals surface area contributed by atoms with Crippen molar-refractivity contribution in [2.45, 2.75) is 23.9 Å². The van der Waals surface area contributed by atoms with Gasteiger partial charge in [0.05, 0.1) is 10.5 Å². The van der Waals surface area contributed by atoms with Crippen molar-refractivity contribution in [3.05, 3.63) is 71.8 Å². The average molecular weight is 447 g/mol. The van der Waals surface area contributed by atoms with Crippen LogP contribution < -0.4 is 4.72 Å². The molecule has 0 bridgehead atoms. The van der Waals surface area contributed by atoms with Crippen LogP contribution in [0.15, 0.2) is 60.0 Å². The van der Waals surface area contributed by atoms with Crippen LogP contribution in [0.4, 0.5) is 18.9 Å². The Labute approximate surface area is 174 Å². The molecule has 0 radical (unpaired) electrons. The predicted molar refractivity (Wildman–Crippen MR) is 110 cm³/mol. The quantitative estimate of drug-likeness (QED) is 0.687. The van der Waals surface area contributed by atoms with E-state index in [2.05, 4.69) is 16.2 Å². The van der Waals surface area contributed by atoms with E-state index >= 15 is 0 Å². The van der Waals surface area contributed by atoms with Crippen LogP contribution in [0.1, 0.15) is 16.7 Å². The second-order valence-corrected chi connectivity index (χ2v) is 8.38.